The van der Waals surface area contributed by atoms with Gasteiger partial charge in [-0.3, -0.25) is 0 Å². The van der Waals surface area contributed by atoms with Crippen LogP contribution in [0.3, 0.4) is 0 Å². The first-order valence-electron chi connectivity index (χ1n) is 6.14. The van der Waals surface area contributed by atoms with Crippen LogP contribution in [-0.2, 0) is 10.9 Å². The minimum Gasteiger partial charge on any atom is -0.443 e. The Labute approximate surface area is 117 Å². The van der Waals surface area contributed by atoms with Gasteiger partial charge in [0.2, 0.25) is 5.95 Å². The number of ether oxygens (including phenoxy) is 1. The smallest absolute Gasteiger partial charge is 0.421 e. The van der Waals surface area contributed by atoms with Crippen molar-refractivity contribution >= 4 is 17.9 Å². The number of nitrogens with two attached hydrogens (primary N) is 2. The van der Waals surface area contributed by atoms with Crippen LogP contribution in [0.25, 0.3) is 0 Å². The first-order chi connectivity index (χ1) is 9.72. The van der Waals surface area contributed by atoms with E-state index in [0.717, 1.165) is 0 Å². The van der Waals surface area contributed by atoms with Crippen molar-refractivity contribution < 1.29 is 22.7 Å². The number of amides is 1. The van der Waals surface area contributed by atoms with Crippen LogP contribution < -0.4 is 16.8 Å². The third kappa shape index (κ3) is 3.86. The second kappa shape index (κ2) is 5.26. The topological polar surface area (TPSA) is 116 Å². The highest BCUT2D eigenvalue weighted by atomic mass is 19.4. The molecule has 0 aromatic carbocycles. The molecule has 1 saturated carbocycles. The van der Waals surface area contributed by atoms with E-state index in [0.29, 0.717) is 25.5 Å². The number of hydrogen-bond donors (Lipinski definition) is 3. The molecule has 2 rings (SSSR count). The van der Waals surface area contributed by atoms with Crippen molar-refractivity contribution in [1.29, 1.82) is 0 Å². The van der Waals surface area contributed by atoms with Gasteiger partial charge < -0.3 is 21.5 Å². The zero-order chi connectivity index (χ0) is 15.7. The zero-order valence-corrected chi connectivity index (χ0v) is 10.9. The third-order valence-electron chi connectivity index (χ3n) is 3.11. The first-order valence-corrected chi connectivity index (χ1v) is 6.14. The predicted molar refractivity (Wildman–Crippen MR) is 67.2 cm³/mol. The van der Waals surface area contributed by atoms with Crippen LogP contribution in [0.4, 0.5) is 29.7 Å². The maximum Gasteiger partial charge on any atom is 0.421 e. The number of aromatic nitrogens is 2. The lowest BCUT2D eigenvalue weighted by Gasteiger charge is -2.17. The molecule has 1 aliphatic carbocycles. The number of carbonyl (C=O) groups is 1. The van der Waals surface area contributed by atoms with E-state index in [4.69, 9.17) is 16.2 Å². The lowest BCUT2D eigenvalue weighted by molar-refractivity contribution is -0.137. The summed E-state index contributed by atoms with van der Waals surface area (Å²) in [4.78, 5) is 17.6. The van der Waals surface area contributed by atoms with Gasteiger partial charge in [-0.25, -0.2) is 9.78 Å². The Bertz CT molecular complexity index is 545. The van der Waals surface area contributed by atoms with Crippen LogP contribution in [0, 0.1) is 0 Å². The standard InChI is InChI=1S/C11H14F3N5O2/c12-11(13,14)6-5-18-8(15)19-7(6)17-4-3-10(1-2-10)21-9(16)20/h5H,1-4H2,(H2,16,20)(H3,15,17,18,19). The Hall–Kier alpha value is -2.26. The van der Waals surface area contributed by atoms with Gasteiger partial charge in [-0.05, 0) is 12.8 Å². The minimum atomic E-state index is -4.59. The number of hydrogen-bond acceptors (Lipinski definition) is 6. The molecule has 1 aromatic heterocycles. The van der Waals surface area contributed by atoms with E-state index in [1.54, 1.807) is 0 Å². The third-order valence-corrected chi connectivity index (χ3v) is 3.11. The summed E-state index contributed by atoms with van der Waals surface area (Å²) < 4.78 is 43.3. The van der Waals surface area contributed by atoms with Gasteiger partial charge in [-0.15, -0.1) is 0 Å². The molecular formula is C11H14F3N5O2. The lowest BCUT2D eigenvalue weighted by Crippen LogP contribution is -2.26. The molecule has 7 nitrogen and oxygen atoms in total. The summed E-state index contributed by atoms with van der Waals surface area (Å²) in [6.07, 6.45) is -3.26. The molecule has 0 aliphatic heterocycles. The van der Waals surface area contributed by atoms with E-state index < -0.39 is 29.3 Å². The highest BCUT2D eigenvalue weighted by molar-refractivity contribution is 5.65. The van der Waals surface area contributed by atoms with E-state index in [1.165, 1.54) is 0 Å². The molecule has 1 aliphatic rings. The number of nitrogen functional groups attached to an aromatic ring is 1. The van der Waals surface area contributed by atoms with Gasteiger partial charge in [0.05, 0.1) is 0 Å². The molecule has 0 radical (unpaired) electrons. The van der Waals surface area contributed by atoms with E-state index in [1.807, 2.05) is 0 Å². The number of halogens is 3. The van der Waals surface area contributed by atoms with E-state index in [2.05, 4.69) is 15.3 Å². The Morgan fingerprint density at radius 3 is 2.67 bits per heavy atom. The van der Waals surface area contributed by atoms with E-state index in [-0.39, 0.29) is 12.5 Å². The molecule has 0 saturated heterocycles. The van der Waals surface area contributed by atoms with Crippen molar-refractivity contribution in [2.24, 2.45) is 5.73 Å². The summed E-state index contributed by atoms with van der Waals surface area (Å²) in [5.41, 5.74) is 8.55. The van der Waals surface area contributed by atoms with Crippen LogP contribution in [0.1, 0.15) is 24.8 Å². The highest BCUT2D eigenvalue weighted by Crippen LogP contribution is 2.42. The average Bonchev–Trinajstić information content (AvgIpc) is 3.06. The Morgan fingerprint density at radius 1 is 1.48 bits per heavy atom. The van der Waals surface area contributed by atoms with Crippen LogP contribution >= 0.6 is 0 Å². The summed E-state index contributed by atoms with van der Waals surface area (Å²) in [5, 5.41) is 2.55. The highest BCUT2D eigenvalue weighted by Gasteiger charge is 2.46. The Kier molecular flexibility index (Phi) is 3.79. The maximum atomic E-state index is 12.8. The van der Waals surface area contributed by atoms with E-state index in [9.17, 15) is 18.0 Å². The number of nitrogens with one attached hydrogen (secondary N) is 1. The summed E-state index contributed by atoms with van der Waals surface area (Å²) in [7, 11) is 0. The molecular weight excluding hydrogens is 291 g/mol. The van der Waals surface area contributed by atoms with Crippen molar-refractivity contribution in [2.45, 2.75) is 31.0 Å². The van der Waals surface area contributed by atoms with Gasteiger partial charge in [0, 0.05) is 19.2 Å². The average molecular weight is 305 g/mol. The lowest BCUT2D eigenvalue weighted by atomic mass is 10.2. The van der Waals surface area contributed by atoms with Gasteiger partial charge in [-0.2, -0.15) is 18.2 Å². The Morgan fingerprint density at radius 2 is 2.14 bits per heavy atom. The zero-order valence-electron chi connectivity index (χ0n) is 10.9. The van der Waals surface area contributed by atoms with Crippen LogP contribution in [0.15, 0.2) is 6.20 Å². The summed E-state index contributed by atoms with van der Waals surface area (Å²) in [5.74, 6) is -0.662. The monoisotopic (exact) mass is 305 g/mol. The summed E-state index contributed by atoms with van der Waals surface area (Å²) in [6.45, 7) is 0.132. The van der Waals surface area contributed by atoms with Gasteiger partial charge in [0.25, 0.3) is 0 Å². The molecule has 10 heteroatoms. The number of primary amides is 1. The summed E-state index contributed by atoms with van der Waals surface area (Å²) >= 11 is 0. The van der Waals surface area contributed by atoms with Gasteiger partial charge in [-0.1, -0.05) is 0 Å². The minimum absolute atomic E-state index is 0.132. The number of rotatable bonds is 5. The molecule has 0 unspecified atom stereocenters. The van der Waals surface area contributed by atoms with Crippen LogP contribution in [-0.4, -0.2) is 28.2 Å². The molecule has 0 bridgehead atoms. The molecule has 0 atom stereocenters. The molecule has 116 valence electrons. The fraction of sp³-hybridized carbons (Fsp3) is 0.545. The number of carbonyl (C=O) groups excluding carboxylic acids is 1. The predicted octanol–water partition coefficient (Wildman–Crippen LogP) is 1.51. The number of anilines is 2. The molecule has 1 fully saturated rings. The van der Waals surface area contributed by atoms with Crippen molar-refractivity contribution in [3.8, 4) is 0 Å². The first kappa shape index (κ1) is 15.1. The molecule has 21 heavy (non-hydrogen) atoms. The molecule has 1 amide bonds. The van der Waals surface area contributed by atoms with Crippen molar-refractivity contribution in [2.75, 3.05) is 17.6 Å². The quantitative estimate of drug-likeness (QED) is 0.759. The van der Waals surface area contributed by atoms with Gasteiger partial charge >= 0.3 is 12.3 Å². The van der Waals surface area contributed by atoms with Crippen LogP contribution in [0.5, 0.6) is 0 Å². The maximum absolute atomic E-state index is 12.8. The molecule has 5 N–H and O–H groups in total. The fourth-order valence-corrected chi connectivity index (χ4v) is 1.90. The van der Waals surface area contributed by atoms with Gasteiger partial charge in [0.15, 0.2) is 0 Å². The summed E-state index contributed by atoms with van der Waals surface area (Å²) in [6, 6.07) is 0. The van der Waals surface area contributed by atoms with E-state index >= 15 is 0 Å². The van der Waals surface area contributed by atoms with Gasteiger partial charge in [0.1, 0.15) is 17.0 Å². The largest absolute Gasteiger partial charge is 0.443 e. The van der Waals surface area contributed by atoms with Crippen molar-refractivity contribution in [1.82, 2.24) is 9.97 Å². The normalized spacial score (nSPS) is 16.3. The molecule has 1 aromatic rings. The number of nitrogens with zero attached hydrogens (tertiary/aromatic N) is 2. The molecule has 1 heterocycles. The SMILES string of the molecule is NC(=O)OC1(CCNc2nc(N)ncc2C(F)(F)F)CC1. The molecule has 0 spiro atoms. The van der Waals surface area contributed by atoms with Crippen LogP contribution in [0.2, 0.25) is 0 Å². The number of alkyl halides is 3. The second-order valence-corrected chi connectivity index (χ2v) is 4.77. The van der Waals surface area contributed by atoms with Crippen molar-refractivity contribution in [3.63, 3.8) is 0 Å². The van der Waals surface area contributed by atoms with Crippen molar-refractivity contribution in [3.05, 3.63) is 11.8 Å². The Balaban J connectivity index is 2.00. The second-order valence-electron chi connectivity index (χ2n) is 4.77. The fourth-order valence-electron chi connectivity index (χ4n) is 1.90.